The Bertz CT molecular complexity index is 430. The summed E-state index contributed by atoms with van der Waals surface area (Å²) in [6.07, 6.45) is 0. The summed E-state index contributed by atoms with van der Waals surface area (Å²) in [5.41, 5.74) is 6.09. The fraction of sp³-hybridized carbons (Fsp3) is 0.400. The third-order valence-corrected chi connectivity index (χ3v) is 3.57. The normalized spacial score (nSPS) is 11.3. The maximum Gasteiger partial charge on any atom is 0.155 e. The number of ether oxygens (including phenoxy) is 1. The summed E-state index contributed by atoms with van der Waals surface area (Å²) in [5, 5.41) is 8.52. The van der Waals surface area contributed by atoms with Crippen LogP contribution < -0.4 is 10.5 Å². The van der Waals surface area contributed by atoms with Crippen LogP contribution in [0.25, 0.3) is 0 Å². The first-order chi connectivity index (χ1) is 7.55. The lowest BCUT2D eigenvalue weighted by Crippen LogP contribution is -2.19. The zero-order chi connectivity index (χ0) is 12.0. The fourth-order valence-electron chi connectivity index (χ4n) is 1.13. The van der Waals surface area contributed by atoms with Crippen LogP contribution in [0.4, 0.5) is 5.69 Å². The molecule has 6 heteroatoms. The zero-order valence-corrected chi connectivity index (χ0v) is 9.61. The van der Waals surface area contributed by atoms with Crippen molar-refractivity contribution >= 4 is 15.5 Å². The number of rotatable bonds is 6. The van der Waals surface area contributed by atoms with Gasteiger partial charge in [0.05, 0.1) is 23.8 Å². The second kappa shape index (κ2) is 5.72. The lowest BCUT2D eigenvalue weighted by atomic mass is 10.3. The monoisotopic (exact) mass is 245 g/mol. The molecule has 0 spiro atoms. The van der Waals surface area contributed by atoms with Gasteiger partial charge in [-0.2, -0.15) is 0 Å². The van der Waals surface area contributed by atoms with Gasteiger partial charge in [-0.15, -0.1) is 0 Å². The maximum absolute atomic E-state index is 11.2. The molecule has 1 aromatic carbocycles. The van der Waals surface area contributed by atoms with E-state index in [-0.39, 0.29) is 24.7 Å². The molecule has 0 aliphatic heterocycles. The molecule has 3 N–H and O–H groups in total. The zero-order valence-electron chi connectivity index (χ0n) is 8.80. The Morgan fingerprint density at radius 3 is 2.56 bits per heavy atom. The van der Waals surface area contributed by atoms with Crippen molar-refractivity contribution in [3.63, 3.8) is 0 Å². The second-order valence-electron chi connectivity index (χ2n) is 3.26. The molecule has 1 rings (SSSR count). The van der Waals surface area contributed by atoms with E-state index in [1.165, 1.54) is 0 Å². The topological polar surface area (TPSA) is 89.6 Å². The summed E-state index contributed by atoms with van der Waals surface area (Å²) in [7, 11) is -3.23. The number of hydrogen-bond donors (Lipinski definition) is 2. The van der Waals surface area contributed by atoms with E-state index in [0.29, 0.717) is 11.4 Å². The maximum atomic E-state index is 11.2. The molecule has 90 valence electrons. The number of aliphatic hydroxyl groups is 1. The molecule has 0 amide bonds. The Hall–Kier alpha value is -1.27. The van der Waals surface area contributed by atoms with Gasteiger partial charge in [-0.05, 0) is 12.1 Å². The summed E-state index contributed by atoms with van der Waals surface area (Å²) < 4.78 is 27.7. The number of nitrogen functional groups attached to an aromatic ring is 1. The minimum absolute atomic E-state index is 0.0382. The van der Waals surface area contributed by atoms with Gasteiger partial charge in [0.2, 0.25) is 0 Å². The van der Waals surface area contributed by atoms with Crippen molar-refractivity contribution in [2.24, 2.45) is 0 Å². The molecule has 0 saturated carbocycles. The molecule has 0 aliphatic carbocycles. The van der Waals surface area contributed by atoms with E-state index in [1.54, 1.807) is 24.3 Å². The summed E-state index contributed by atoms with van der Waals surface area (Å²) in [6.45, 7) is -0.327. The largest absolute Gasteiger partial charge is 0.490 e. The molecule has 0 heterocycles. The lowest BCUT2D eigenvalue weighted by molar-refractivity contribution is 0.317. The van der Waals surface area contributed by atoms with Gasteiger partial charge in [-0.3, -0.25) is 0 Å². The Morgan fingerprint density at radius 1 is 1.25 bits per heavy atom. The van der Waals surface area contributed by atoms with Crippen LogP contribution in [0.5, 0.6) is 5.75 Å². The first-order valence-corrected chi connectivity index (χ1v) is 6.66. The van der Waals surface area contributed by atoms with Crippen molar-refractivity contribution in [2.45, 2.75) is 0 Å². The second-order valence-corrected chi connectivity index (χ2v) is 5.57. The molecule has 0 aromatic heterocycles. The third kappa shape index (κ3) is 4.08. The smallest absolute Gasteiger partial charge is 0.155 e. The van der Waals surface area contributed by atoms with Gasteiger partial charge in [0.15, 0.2) is 9.84 Å². The van der Waals surface area contributed by atoms with Gasteiger partial charge < -0.3 is 15.6 Å². The highest BCUT2D eigenvalue weighted by molar-refractivity contribution is 7.91. The van der Waals surface area contributed by atoms with E-state index in [4.69, 9.17) is 15.6 Å². The molecule has 0 saturated heterocycles. The highest BCUT2D eigenvalue weighted by atomic mass is 32.2. The van der Waals surface area contributed by atoms with Crippen LogP contribution in [0.3, 0.4) is 0 Å². The minimum Gasteiger partial charge on any atom is -0.490 e. The van der Waals surface area contributed by atoms with E-state index in [0.717, 1.165) is 0 Å². The van der Waals surface area contributed by atoms with Crippen LogP contribution in [0.15, 0.2) is 24.3 Å². The van der Waals surface area contributed by atoms with E-state index < -0.39 is 9.84 Å². The van der Waals surface area contributed by atoms with Crippen LogP contribution in [0.1, 0.15) is 0 Å². The van der Waals surface area contributed by atoms with E-state index in [9.17, 15) is 8.42 Å². The number of para-hydroxylation sites is 2. The van der Waals surface area contributed by atoms with Crippen LogP contribution in [0, 0.1) is 0 Å². The highest BCUT2D eigenvalue weighted by Crippen LogP contribution is 2.19. The summed E-state index contributed by atoms with van der Waals surface area (Å²) in [6, 6.07) is 6.88. The molecular weight excluding hydrogens is 230 g/mol. The SMILES string of the molecule is Nc1ccccc1OCCS(=O)(=O)CCO. The van der Waals surface area contributed by atoms with Crippen LogP contribution >= 0.6 is 0 Å². The van der Waals surface area contributed by atoms with Crippen molar-refractivity contribution in [3.8, 4) is 5.75 Å². The molecule has 1 aromatic rings. The van der Waals surface area contributed by atoms with Gasteiger partial charge in [0.25, 0.3) is 0 Å². The number of benzene rings is 1. The predicted molar refractivity (Wildman–Crippen MR) is 62.1 cm³/mol. The highest BCUT2D eigenvalue weighted by Gasteiger charge is 2.10. The number of aliphatic hydroxyl groups excluding tert-OH is 1. The van der Waals surface area contributed by atoms with Gasteiger partial charge in [-0.1, -0.05) is 12.1 Å². The predicted octanol–water partition coefficient (Wildman–Crippen LogP) is 0.0547. The van der Waals surface area contributed by atoms with Crippen molar-refractivity contribution in [2.75, 3.05) is 30.5 Å². The van der Waals surface area contributed by atoms with E-state index >= 15 is 0 Å². The summed E-state index contributed by atoms with van der Waals surface area (Å²) in [5.74, 6) is 0.115. The van der Waals surface area contributed by atoms with Crippen molar-refractivity contribution in [1.82, 2.24) is 0 Å². The molecule has 0 aliphatic rings. The Balaban J connectivity index is 2.45. The molecule has 5 nitrogen and oxygen atoms in total. The first kappa shape index (κ1) is 12.8. The number of nitrogens with two attached hydrogens (primary N) is 1. The van der Waals surface area contributed by atoms with Crippen molar-refractivity contribution in [3.05, 3.63) is 24.3 Å². The number of sulfone groups is 1. The summed E-state index contributed by atoms with van der Waals surface area (Å²) in [4.78, 5) is 0. The van der Waals surface area contributed by atoms with E-state index in [2.05, 4.69) is 0 Å². The molecule has 0 fully saturated rings. The quantitative estimate of drug-likeness (QED) is 0.691. The van der Waals surface area contributed by atoms with Crippen molar-refractivity contribution < 1.29 is 18.3 Å². The van der Waals surface area contributed by atoms with Gasteiger partial charge in [0.1, 0.15) is 12.4 Å². The molecule has 0 bridgehead atoms. The van der Waals surface area contributed by atoms with Crippen molar-refractivity contribution in [1.29, 1.82) is 0 Å². The Labute approximate surface area is 94.8 Å². The van der Waals surface area contributed by atoms with Crippen LogP contribution in [-0.2, 0) is 9.84 Å². The number of hydrogen-bond acceptors (Lipinski definition) is 5. The van der Waals surface area contributed by atoms with E-state index in [1.807, 2.05) is 0 Å². The Morgan fingerprint density at radius 2 is 1.94 bits per heavy atom. The van der Waals surface area contributed by atoms with Gasteiger partial charge in [0, 0.05) is 0 Å². The molecule has 0 atom stereocenters. The van der Waals surface area contributed by atoms with Gasteiger partial charge >= 0.3 is 0 Å². The lowest BCUT2D eigenvalue weighted by Gasteiger charge is -2.08. The van der Waals surface area contributed by atoms with Crippen LogP contribution in [0.2, 0.25) is 0 Å². The standard InChI is InChI=1S/C10H15NO4S/c11-9-3-1-2-4-10(9)15-6-8-16(13,14)7-5-12/h1-4,12H,5-8,11H2. The van der Waals surface area contributed by atoms with Crippen LogP contribution in [-0.4, -0.2) is 38.2 Å². The fourth-order valence-corrected chi connectivity index (χ4v) is 1.95. The first-order valence-electron chi connectivity index (χ1n) is 4.84. The molecule has 0 unspecified atom stereocenters. The molecule has 0 radical (unpaired) electrons. The number of anilines is 1. The van der Waals surface area contributed by atoms with Gasteiger partial charge in [-0.25, -0.2) is 8.42 Å². The average molecular weight is 245 g/mol. The Kier molecular flexibility index (Phi) is 4.57. The minimum atomic E-state index is -3.23. The average Bonchev–Trinajstić information content (AvgIpc) is 2.20. The molecule has 16 heavy (non-hydrogen) atoms. The summed E-state index contributed by atoms with van der Waals surface area (Å²) >= 11 is 0. The molecular formula is C10H15NO4S. The third-order valence-electron chi connectivity index (χ3n) is 1.97.